The first-order valence-corrected chi connectivity index (χ1v) is 4.64. The van der Waals surface area contributed by atoms with E-state index >= 15 is 0 Å². The van der Waals surface area contributed by atoms with E-state index in [0.29, 0.717) is 0 Å². The number of carbonyl (C=O) groups excluding carboxylic acids is 2. The summed E-state index contributed by atoms with van der Waals surface area (Å²) in [6.07, 6.45) is 1.36. The summed E-state index contributed by atoms with van der Waals surface area (Å²) in [7, 11) is 0. The van der Waals surface area contributed by atoms with Crippen LogP contribution in [0.4, 0.5) is 0 Å². The molecule has 2 rings (SSSR count). The smallest absolute Gasteiger partial charge is 0.240 e. The molecule has 9 heteroatoms. The molecule has 0 amide bonds. The second kappa shape index (κ2) is 4.38. The highest BCUT2D eigenvalue weighted by molar-refractivity contribution is 6.25. The van der Waals surface area contributed by atoms with Crippen molar-refractivity contribution in [2.75, 3.05) is 0 Å². The van der Waals surface area contributed by atoms with Gasteiger partial charge in [-0.15, -0.1) is 0 Å². The lowest BCUT2D eigenvalue weighted by Crippen LogP contribution is -2.22. The van der Waals surface area contributed by atoms with E-state index in [2.05, 4.69) is 25.0 Å². The van der Waals surface area contributed by atoms with E-state index in [1.54, 1.807) is 0 Å². The van der Waals surface area contributed by atoms with Crippen molar-refractivity contribution in [1.29, 1.82) is 11.1 Å². The zero-order chi connectivity index (χ0) is 13.1. The molecular formula is C9H5N7O2+2. The first kappa shape index (κ1) is 11.3. The molecule has 1 aromatic heterocycles. The number of ketones is 2. The predicted molar refractivity (Wildman–Crippen MR) is 54.5 cm³/mol. The molecule has 1 aromatic rings. The van der Waals surface area contributed by atoms with Gasteiger partial charge in [-0.2, -0.15) is 0 Å². The third-order valence-electron chi connectivity index (χ3n) is 2.22. The van der Waals surface area contributed by atoms with Crippen molar-refractivity contribution < 1.29 is 9.59 Å². The van der Waals surface area contributed by atoms with Gasteiger partial charge >= 0.3 is 0 Å². The number of nitrogens with one attached hydrogen (secondary N) is 2. The van der Waals surface area contributed by atoms with Gasteiger partial charge in [0.25, 0.3) is 0 Å². The number of aromatic nitrogens is 1. The van der Waals surface area contributed by atoms with Crippen molar-refractivity contribution in [3.05, 3.63) is 41.0 Å². The lowest BCUT2D eigenvalue weighted by molar-refractivity contribution is 0.0967. The van der Waals surface area contributed by atoms with Crippen LogP contribution < -0.4 is 9.82 Å². The Morgan fingerprint density at radius 1 is 1.06 bits per heavy atom. The quantitative estimate of drug-likeness (QED) is 0.583. The summed E-state index contributed by atoms with van der Waals surface area (Å²) in [4.78, 5) is 33.2. The SMILES string of the molecule is N=[N+]=NC1=C(N=[N+]=N)C(=O)c2ncccc2C1=O. The first-order chi connectivity index (χ1) is 8.70. The lowest BCUT2D eigenvalue weighted by Gasteiger charge is -2.08. The molecule has 86 valence electrons. The highest BCUT2D eigenvalue weighted by atomic mass is 16.1. The zero-order valence-electron chi connectivity index (χ0n) is 8.78. The van der Waals surface area contributed by atoms with E-state index in [-0.39, 0.29) is 11.3 Å². The average Bonchev–Trinajstić information content (AvgIpc) is 2.40. The maximum atomic E-state index is 12.0. The van der Waals surface area contributed by atoms with E-state index in [1.165, 1.54) is 18.3 Å². The highest BCUT2D eigenvalue weighted by Gasteiger charge is 2.38. The Morgan fingerprint density at radius 3 is 2.28 bits per heavy atom. The van der Waals surface area contributed by atoms with E-state index in [1.807, 2.05) is 0 Å². The Bertz CT molecular complexity index is 634. The molecule has 0 radical (unpaired) electrons. The number of carbonyl (C=O) groups is 2. The van der Waals surface area contributed by atoms with Crippen molar-refractivity contribution in [2.45, 2.75) is 0 Å². The van der Waals surface area contributed by atoms with E-state index in [9.17, 15) is 9.59 Å². The minimum absolute atomic E-state index is 0.0637. The highest BCUT2D eigenvalue weighted by Crippen LogP contribution is 2.25. The molecule has 1 aliphatic carbocycles. The fourth-order valence-corrected chi connectivity index (χ4v) is 1.51. The van der Waals surface area contributed by atoms with Gasteiger partial charge in [-0.1, -0.05) is 0 Å². The fraction of sp³-hybridized carbons (Fsp3) is 0. The van der Waals surface area contributed by atoms with Gasteiger partial charge < -0.3 is 0 Å². The Kier molecular flexibility index (Phi) is 2.76. The molecule has 0 spiro atoms. The van der Waals surface area contributed by atoms with Crippen LogP contribution >= 0.6 is 0 Å². The number of Topliss-reactive ketones (excluding diaryl/α,β-unsaturated/α-hetero) is 2. The molecule has 18 heavy (non-hydrogen) atoms. The van der Waals surface area contributed by atoms with Crippen LogP contribution in [-0.2, 0) is 0 Å². The number of nitrogens with zero attached hydrogens (tertiary/aromatic N) is 5. The molecule has 0 unspecified atom stereocenters. The fourth-order valence-electron chi connectivity index (χ4n) is 1.51. The molecule has 0 bridgehead atoms. The molecule has 2 N–H and O–H groups in total. The largest absolute Gasteiger partial charge is 0.286 e. The minimum Gasteiger partial charge on any atom is -0.286 e. The summed E-state index contributed by atoms with van der Waals surface area (Å²) in [6.45, 7) is 0. The van der Waals surface area contributed by atoms with E-state index in [4.69, 9.17) is 11.1 Å². The first-order valence-electron chi connectivity index (χ1n) is 4.64. The van der Waals surface area contributed by atoms with Crippen LogP contribution in [0.5, 0.6) is 0 Å². The number of rotatable bonds is 2. The summed E-state index contributed by atoms with van der Waals surface area (Å²) >= 11 is 0. The Hall–Kier alpha value is -3.15. The number of hydrogen-bond donors (Lipinski definition) is 2. The van der Waals surface area contributed by atoms with Crippen LogP contribution in [0.2, 0.25) is 0 Å². The summed E-state index contributed by atoms with van der Waals surface area (Å²) in [5, 5.41) is 6.49. The molecule has 9 nitrogen and oxygen atoms in total. The number of pyridine rings is 1. The lowest BCUT2D eigenvalue weighted by atomic mass is 9.95. The molecule has 0 aliphatic heterocycles. The van der Waals surface area contributed by atoms with Crippen LogP contribution in [-0.4, -0.2) is 16.6 Å². The maximum absolute atomic E-state index is 12.0. The van der Waals surface area contributed by atoms with E-state index in [0.717, 1.165) is 0 Å². The van der Waals surface area contributed by atoms with Gasteiger partial charge in [-0.25, -0.2) is 0 Å². The monoisotopic (exact) mass is 243 g/mol. The van der Waals surface area contributed by atoms with Crippen LogP contribution in [0.1, 0.15) is 20.8 Å². The summed E-state index contributed by atoms with van der Waals surface area (Å²) in [6, 6.07) is 2.91. The van der Waals surface area contributed by atoms with E-state index < -0.39 is 23.0 Å². The second-order valence-electron chi connectivity index (χ2n) is 3.16. The zero-order valence-corrected chi connectivity index (χ0v) is 8.78. The minimum atomic E-state index is -0.677. The number of fused-ring (bicyclic) bond motifs is 1. The molecule has 1 aliphatic rings. The molecule has 0 saturated heterocycles. The molecule has 0 atom stereocenters. The van der Waals surface area contributed by atoms with Gasteiger partial charge in [0.05, 0.1) is 5.56 Å². The molecule has 0 saturated carbocycles. The van der Waals surface area contributed by atoms with Gasteiger partial charge in [0.2, 0.25) is 32.8 Å². The van der Waals surface area contributed by atoms with Crippen LogP contribution in [0.3, 0.4) is 0 Å². The molecular weight excluding hydrogens is 238 g/mol. The van der Waals surface area contributed by atoms with Crippen molar-refractivity contribution in [1.82, 2.24) is 14.8 Å². The van der Waals surface area contributed by atoms with Gasteiger partial charge in [0.15, 0.2) is 10.2 Å². The molecule has 0 fully saturated rings. The van der Waals surface area contributed by atoms with Crippen molar-refractivity contribution in [3.63, 3.8) is 0 Å². The van der Waals surface area contributed by atoms with Crippen molar-refractivity contribution >= 4 is 11.6 Å². The van der Waals surface area contributed by atoms with Crippen molar-refractivity contribution in [3.8, 4) is 0 Å². The third-order valence-corrected chi connectivity index (χ3v) is 2.22. The number of allylic oxidation sites excluding steroid dienone is 2. The second-order valence-corrected chi connectivity index (χ2v) is 3.16. The maximum Gasteiger partial charge on any atom is 0.240 e. The van der Waals surface area contributed by atoms with Gasteiger partial charge in [0.1, 0.15) is 16.8 Å². The van der Waals surface area contributed by atoms with Crippen LogP contribution in [0.15, 0.2) is 40.0 Å². The van der Waals surface area contributed by atoms with Crippen LogP contribution in [0.25, 0.3) is 0 Å². The summed E-state index contributed by atoms with van der Waals surface area (Å²) < 4.78 is 0. The molecule has 0 aromatic carbocycles. The Labute approximate surface area is 99.0 Å². The predicted octanol–water partition coefficient (Wildman–Crippen LogP) is 0.773. The van der Waals surface area contributed by atoms with Crippen molar-refractivity contribution in [2.24, 2.45) is 10.2 Å². The van der Waals surface area contributed by atoms with Crippen LogP contribution in [0, 0.1) is 11.1 Å². The number of hydrogen-bond acceptors (Lipinski definition) is 7. The topological polar surface area (TPSA) is 148 Å². The Balaban J connectivity index is 2.79. The average molecular weight is 243 g/mol. The molecule has 1 heterocycles. The van der Waals surface area contributed by atoms with Gasteiger partial charge in [-0.05, 0) is 12.1 Å². The Morgan fingerprint density at radius 2 is 1.67 bits per heavy atom. The summed E-state index contributed by atoms with van der Waals surface area (Å²) in [5.74, 6) is -1.31. The third kappa shape index (κ3) is 1.57. The summed E-state index contributed by atoms with van der Waals surface area (Å²) in [5.41, 5.74) is 12.4. The normalized spacial score (nSPS) is 13.6. The van der Waals surface area contributed by atoms with Gasteiger partial charge in [-0.3, -0.25) is 14.6 Å². The standard InChI is InChI=1S/C9H5N7O2/c10-15-13-6-7(14-16-11)9(18)5-4(8(6)17)2-1-3-12-5/h1-3,10-11H/q+2. The van der Waals surface area contributed by atoms with Gasteiger partial charge in [0, 0.05) is 6.20 Å².